The molecule has 0 aliphatic rings. The molecule has 118 valence electrons. The molecule has 8 heteroatoms. The molecule has 0 spiro atoms. The normalized spacial score (nSPS) is 11.6. The van der Waals surface area contributed by atoms with Crippen molar-refractivity contribution in [2.75, 3.05) is 11.4 Å². The predicted molar refractivity (Wildman–Crippen MR) is 96.9 cm³/mol. The lowest BCUT2D eigenvalue weighted by atomic mass is 9.98. The fraction of sp³-hybridized carbons (Fsp3) is 0.357. The summed E-state index contributed by atoms with van der Waals surface area (Å²) in [4.78, 5) is 13.9. The Hall–Kier alpha value is -0.700. The maximum atomic E-state index is 10.1. The van der Waals surface area contributed by atoms with Crippen molar-refractivity contribution in [1.29, 1.82) is 0 Å². The highest BCUT2D eigenvalue weighted by Gasteiger charge is 2.20. The molecule has 0 atom stereocenters. The van der Waals surface area contributed by atoms with E-state index in [0.717, 1.165) is 14.8 Å². The Morgan fingerprint density at radius 1 is 1.18 bits per heavy atom. The first kappa shape index (κ1) is 17.7. The van der Waals surface area contributed by atoms with Crippen molar-refractivity contribution in [3.05, 3.63) is 37.9 Å². The first-order chi connectivity index (χ1) is 10.2. The Balaban J connectivity index is 2.48. The van der Waals surface area contributed by atoms with Gasteiger partial charge in [-0.2, -0.15) is 15.0 Å². The monoisotopic (exact) mass is 452 g/mol. The largest absolute Gasteiger partial charge is 0.386 e. The third-order valence-electron chi connectivity index (χ3n) is 3.07. The van der Waals surface area contributed by atoms with E-state index in [9.17, 15) is 5.11 Å². The number of nitrogens with zero attached hydrogens (tertiary/aromatic N) is 4. The van der Waals surface area contributed by atoms with Gasteiger partial charge in [-0.25, -0.2) is 0 Å². The Bertz CT molecular complexity index is 671. The quantitative estimate of drug-likeness (QED) is 0.705. The van der Waals surface area contributed by atoms with Gasteiger partial charge in [-0.15, -0.1) is 0 Å². The summed E-state index contributed by atoms with van der Waals surface area (Å²) in [6, 6.07) is 5.73. The summed E-state index contributed by atoms with van der Waals surface area (Å²) < 4.78 is 0.965. The molecular formula is C14H15Cl2IN4O. The average molecular weight is 453 g/mol. The molecule has 0 saturated carbocycles. The van der Waals surface area contributed by atoms with Crippen LogP contribution in [-0.4, -0.2) is 26.6 Å². The minimum atomic E-state index is -0.894. The fourth-order valence-corrected chi connectivity index (χ4v) is 3.12. The molecule has 0 aliphatic carbocycles. The van der Waals surface area contributed by atoms with Gasteiger partial charge in [-0.3, -0.25) is 0 Å². The van der Waals surface area contributed by atoms with Crippen molar-refractivity contribution in [1.82, 2.24) is 15.0 Å². The summed E-state index contributed by atoms with van der Waals surface area (Å²) in [5.74, 6) is 0.390. The molecule has 0 aliphatic heterocycles. The van der Waals surface area contributed by atoms with Gasteiger partial charge in [0.2, 0.25) is 16.5 Å². The lowest BCUT2D eigenvalue weighted by molar-refractivity contribution is 0.0785. The van der Waals surface area contributed by atoms with Crippen molar-refractivity contribution in [2.45, 2.75) is 26.4 Å². The van der Waals surface area contributed by atoms with Crippen molar-refractivity contribution < 1.29 is 5.11 Å². The van der Waals surface area contributed by atoms with Gasteiger partial charge in [-0.05, 0) is 84.3 Å². The van der Waals surface area contributed by atoms with Gasteiger partial charge in [0.15, 0.2) is 0 Å². The lowest BCUT2D eigenvalue weighted by Crippen LogP contribution is -2.21. The van der Waals surface area contributed by atoms with E-state index in [1.807, 2.05) is 30.0 Å². The molecule has 2 rings (SSSR count). The molecule has 22 heavy (non-hydrogen) atoms. The van der Waals surface area contributed by atoms with Crippen LogP contribution in [0.3, 0.4) is 0 Å². The average Bonchev–Trinajstić information content (AvgIpc) is 2.39. The molecule has 5 nitrogen and oxygen atoms in total. The highest BCUT2D eigenvalue weighted by Crippen LogP contribution is 2.31. The van der Waals surface area contributed by atoms with E-state index in [1.165, 1.54) is 0 Å². The second kappa shape index (κ2) is 6.82. The summed E-state index contributed by atoms with van der Waals surface area (Å²) in [7, 11) is 0. The van der Waals surface area contributed by atoms with Gasteiger partial charge >= 0.3 is 0 Å². The van der Waals surface area contributed by atoms with Crippen LogP contribution in [0.4, 0.5) is 11.6 Å². The van der Waals surface area contributed by atoms with E-state index >= 15 is 0 Å². The molecule has 0 unspecified atom stereocenters. The lowest BCUT2D eigenvalue weighted by Gasteiger charge is -2.24. The molecule has 0 bridgehead atoms. The van der Waals surface area contributed by atoms with Gasteiger partial charge in [0, 0.05) is 10.1 Å². The van der Waals surface area contributed by atoms with Gasteiger partial charge in [-0.1, -0.05) is 6.07 Å². The van der Waals surface area contributed by atoms with Crippen LogP contribution in [0.5, 0.6) is 0 Å². The molecule has 1 aromatic heterocycles. The molecule has 0 radical (unpaired) electrons. The van der Waals surface area contributed by atoms with E-state index < -0.39 is 5.60 Å². The van der Waals surface area contributed by atoms with Crippen LogP contribution in [0.25, 0.3) is 0 Å². The second-order valence-corrected chi connectivity index (χ2v) is 6.98. The van der Waals surface area contributed by atoms with Crippen molar-refractivity contribution in [2.24, 2.45) is 0 Å². The maximum Gasteiger partial charge on any atom is 0.235 e. The molecule has 0 amide bonds. The van der Waals surface area contributed by atoms with E-state index in [1.54, 1.807) is 13.8 Å². The molecule has 0 saturated heterocycles. The van der Waals surface area contributed by atoms with E-state index in [-0.39, 0.29) is 10.6 Å². The maximum absolute atomic E-state index is 10.1. The summed E-state index contributed by atoms with van der Waals surface area (Å²) in [5.41, 5.74) is 0.854. The zero-order chi connectivity index (χ0) is 16.5. The third-order valence-corrected chi connectivity index (χ3v) is 4.27. The first-order valence-electron chi connectivity index (χ1n) is 6.59. The summed E-state index contributed by atoms with van der Waals surface area (Å²) >= 11 is 13.9. The third kappa shape index (κ3) is 3.98. The first-order valence-corrected chi connectivity index (χ1v) is 8.43. The molecular weight excluding hydrogens is 438 g/mol. The standard InChI is InChI=1S/C14H15Cl2IN4O/c1-4-21(13-19-11(15)18-12(16)20-13)10-6-5-8(7-9(10)17)14(2,3)22/h5-7,22H,4H2,1-3H3. The Morgan fingerprint density at radius 2 is 1.77 bits per heavy atom. The number of halogens is 3. The number of aliphatic hydroxyl groups is 1. The molecule has 2 aromatic rings. The van der Waals surface area contributed by atoms with Crippen LogP contribution in [0.15, 0.2) is 18.2 Å². The van der Waals surface area contributed by atoms with Crippen LogP contribution in [0, 0.1) is 3.57 Å². The van der Waals surface area contributed by atoms with Crippen LogP contribution in [0.2, 0.25) is 10.6 Å². The minimum absolute atomic E-state index is 0.0524. The molecule has 1 heterocycles. The zero-order valence-corrected chi connectivity index (χ0v) is 16.0. The van der Waals surface area contributed by atoms with E-state index in [2.05, 4.69) is 37.5 Å². The number of anilines is 2. The van der Waals surface area contributed by atoms with Crippen LogP contribution < -0.4 is 4.90 Å². The summed E-state index contributed by atoms with van der Waals surface area (Å²) in [6.07, 6.45) is 0. The number of hydrogen-bond acceptors (Lipinski definition) is 5. The smallest absolute Gasteiger partial charge is 0.235 e. The zero-order valence-electron chi connectivity index (χ0n) is 12.3. The van der Waals surface area contributed by atoms with Crippen molar-refractivity contribution in [3.63, 3.8) is 0 Å². The van der Waals surface area contributed by atoms with Gasteiger partial charge in [0.25, 0.3) is 0 Å². The van der Waals surface area contributed by atoms with Crippen LogP contribution >= 0.6 is 45.8 Å². The fourth-order valence-electron chi connectivity index (χ4n) is 1.96. The number of rotatable bonds is 4. The Labute approximate surface area is 152 Å². The summed E-state index contributed by atoms with van der Waals surface area (Å²) in [5, 5.41) is 10.2. The second-order valence-electron chi connectivity index (χ2n) is 5.14. The Morgan fingerprint density at radius 3 is 2.23 bits per heavy atom. The van der Waals surface area contributed by atoms with Gasteiger partial charge < -0.3 is 10.0 Å². The van der Waals surface area contributed by atoms with E-state index in [0.29, 0.717) is 12.5 Å². The van der Waals surface area contributed by atoms with Crippen LogP contribution in [-0.2, 0) is 5.60 Å². The van der Waals surface area contributed by atoms with Gasteiger partial charge in [0.1, 0.15) is 0 Å². The molecule has 1 aromatic carbocycles. The Kier molecular flexibility index (Phi) is 5.47. The predicted octanol–water partition coefficient (Wildman–Crippen LogP) is 4.17. The topological polar surface area (TPSA) is 62.1 Å². The highest BCUT2D eigenvalue weighted by atomic mass is 127. The van der Waals surface area contributed by atoms with Crippen molar-refractivity contribution >= 4 is 57.4 Å². The van der Waals surface area contributed by atoms with Gasteiger partial charge in [0.05, 0.1) is 11.3 Å². The molecule has 1 N–H and O–H groups in total. The summed E-state index contributed by atoms with van der Waals surface area (Å²) in [6.45, 7) is 6.11. The number of benzene rings is 1. The number of hydrogen-bond donors (Lipinski definition) is 1. The molecule has 0 fully saturated rings. The van der Waals surface area contributed by atoms with Crippen LogP contribution in [0.1, 0.15) is 26.3 Å². The SMILES string of the molecule is CCN(c1nc(Cl)nc(Cl)n1)c1ccc(C(C)(C)O)cc1I. The minimum Gasteiger partial charge on any atom is -0.386 e. The van der Waals surface area contributed by atoms with Crippen molar-refractivity contribution in [3.8, 4) is 0 Å². The highest BCUT2D eigenvalue weighted by molar-refractivity contribution is 14.1. The van der Waals surface area contributed by atoms with E-state index in [4.69, 9.17) is 23.2 Å². The number of aromatic nitrogens is 3.